The third kappa shape index (κ3) is 3.16. The Morgan fingerprint density at radius 2 is 2.21 bits per heavy atom. The summed E-state index contributed by atoms with van der Waals surface area (Å²) in [6.45, 7) is 1.76. The van der Waals surface area contributed by atoms with Crippen molar-refractivity contribution in [3.63, 3.8) is 0 Å². The van der Waals surface area contributed by atoms with Crippen LogP contribution in [0.25, 0.3) is 0 Å². The van der Waals surface area contributed by atoms with E-state index in [0.29, 0.717) is 6.42 Å². The predicted octanol–water partition coefficient (Wildman–Crippen LogP) is 0.796. The number of rotatable bonds is 4. The minimum atomic E-state index is -3.53. The summed E-state index contributed by atoms with van der Waals surface area (Å²) in [7, 11) is -3.53. The summed E-state index contributed by atoms with van der Waals surface area (Å²) in [5.74, 6) is -0.0226. The number of halogens is 1. The smallest absolute Gasteiger partial charge is 0.181 e. The van der Waals surface area contributed by atoms with Crippen LogP contribution < -0.4 is 9.01 Å². The summed E-state index contributed by atoms with van der Waals surface area (Å²) in [6, 6.07) is 4.87. The lowest BCUT2D eigenvalue weighted by Gasteiger charge is -1.98. The lowest BCUT2D eigenvalue weighted by atomic mass is 10.5. The molecule has 0 unspecified atom stereocenters. The molecular weight excluding hydrogens is 226 g/mol. The second kappa shape index (κ2) is 4.61. The molecule has 4 nitrogen and oxygen atoms in total. The number of pyridine rings is 1. The van der Waals surface area contributed by atoms with Crippen molar-refractivity contribution in [1.29, 1.82) is 0 Å². The fraction of sp³-hybridized carbons (Fsp3) is 0.375. The highest BCUT2D eigenvalue weighted by Crippen LogP contribution is 1.98. The van der Waals surface area contributed by atoms with Crippen molar-refractivity contribution in [3.05, 3.63) is 29.5 Å². The first-order chi connectivity index (χ1) is 6.55. The number of hydrogen-bond acceptors (Lipinski definition) is 3. The standard InChI is InChI=1S/C8H11ClNO3S/c1-2-7-14(11,12)13-10-6-4-3-5-8(10)9/h3-6H,2,7H2,1H3/q+1. The van der Waals surface area contributed by atoms with Crippen molar-refractivity contribution in [1.82, 2.24) is 0 Å². The van der Waals surface area contributed by atoms with Crippen LogP contribution in [0.4, 0.5) is 0 Å². The summed E-state index contributed by atoms with van der Waals surface area (Å²) in [6.07, 6.45) is 1.95. The Balaban J connectivity index is 2.84. The summed E-state index contributed by atoms with van der Waals surface area (Å²) in [4.78, 5) is 0. The highest BCUT2D eigenvalue weighted by molar-refractivity contribution is 7.86. The molecule has 78 valence electrons. The van der Waals surface area contributed by atoms with Crippen LogP contribution in [0.5, 0.6) is 0 Å². The molecule has 0 aliphatic carbocycles. The van der Waals surface area contributed by atoms with Gasteiger partial charge in [0.15, 0.2) is 0 Å². The van der Waals surface area contributed by atoms with E-state index in [1.807, 2.05) is 0 Å². The molecule has 1 rings (SSSR count). The normalized spacial score (nSPS) is 11.3. The van der Waals surface area contributed by atoms with E-state index >= 15 is 0 Å². The van der Waals surface area contributed by atoms with Gasteiger partial charge in [-0.15, -0.1) is 4.28 Å². The molecule has 0 amide bonds. The van der Waals surface area contributed by atoms with Crippen molar-refractivity contribution in [3.8, 4) is 0 Å². The molecule has 0 atom stereocenters. The summed E-state index contributed by atoms with van der Waals surface area (Å²) in [5, 5.41) is 0.215. The van der Waals surface area contributed by atoms with E-state index < -0.39 is 10.1 Å². The highest BCUT2D eigenvalue weighted by Gasteiger charge is 2.19. The Bertz CT molecular complexity index is 405. The van der Waals surface area contributed by atoms with Crippen molar-refractivity contribution < 1.29 is 17.4 Å². The lowest BCUT2D eigenvalue weighted by molar-refractivity contribution is -0.854. The van der Waals surface area contributed by atoms with Crippen LogP contribution in [-0.2, 0) is 10.1 Å². The van der Waals surface area contributed by atoms with Crippen LogP contribution >= 0.6 is 11.6 Å². The highest BCUT2D eigenvalue weighted by atomic mass is 35.5. The van der Waals surface area contributed by atoms with Gasteiger partial charge in [-0.05, 0) is 24.1 Å². The van der Waals surface area contributed by atoms with Gasteiger partial charge in [0.2, 0.25) is 6.20 Å². The molecule has 0 fully saturated rings. The number of aromatic nitrogens is 1. The predicted molar refractivity (Wildman–Crippen MR) is 52.3 cm³/mol. The first kappa shape index (κ1) is 11.3. The van der Waals surface area contributed by atoms with Crippen molar-refractivity contribution in [2.45, 2.75) is 13.3 Å². The second-order valence-electron chi connectivity index (χ2n) is 2.69. The summed E-state index contributed by atoms with van der Waals surface area (Å²) < 4.78 is 28.3. The van der Waals surface area contributed by atoms with Crippen molar-refractivity contribution >= 4 is 21.7 Å². The third-order valence-corrected chi connectivity index (χ3v) is 3.01. The van der Waals surface area contributed by atoms with Crippen LogP contribution in [0.3, 0.4) is 0 Å². The van der Waals surface area contributed by atoms with Crippen LogP contribution in [0.15, 0.2) is 24.4 Å². The Morgan fingerprint density at radius 3 is 2.79 bits per heavy atom. The Morgan fingerprint density at radius 1 is 1.50 bits per heavy atom. The topological polar surface area (TPSA) is 47.3 Å². The molecule has 0 N–H and O–H groups in total. The molecule has 1 aromatic rings. The minimum absolute atomic E-state index is 0.0226. The van der Waals surface area contributed by atoms with E-state index in [9.17, 15) is 8.42 Å². The number of hydrogen-bond donors (Lipinski definition) is 0. The van der Waals surface area contributed by atoms with Crippen LogP contribution in [0.1, 0.15) is 13.3 Å². The fourth-order valence-electron chi connectivity index (χ4n) is 0.878. The van der Waals surface area contributed by atoms with Crippen LogP contribution in [-0.4, -0.2) is 14.2 Å². The molecular formula is C8H11ClNO3S+. The average Bonchev–Trinajstić information content (AvgIpc) is 2.08. The SMILES string of the molecule is CCCS(=O)(=O)O[n+]1ccccc1Cl. The van der Waals surface area contributed by atoms with Crippen molar-refractivity contribution in [2.24, 2.45) is 0 Å². The molecule has 0 saturated heterocycles. The largest absolute Gasteiger partial charge is 0.367 e. The van der Waals surface area contributed by atoms with E-state index in [1.54, 1.807) is 25.1 Å². The maximum absolute atomic E-state index is 11.3. The molecule has 0 aliphatic rings. The molecule has 0 aliphatic heterocycles. The maximum atomic E-state index is 11.3. The molecule has 1 heterocycles. The van der Waals surface area contributed by atoms with Gasteiger partial charge in [-0.2, -0.15) is 8.42 Å². The van der Waals surface area contributed by atoms with Gasteiger partial charge < -0.3 is 0 Å². The van der Waals surface area contributed by atoms with Gasteiger partial charge in [0.25, 0.3) is 0 Å². The number of nitrogens with zero attached hydrogens (tertiary/aromatic N) is 1. The van der Waals surface area contributed by atoms with Gasteiger partial charge in [0.05, 0.1) is 5.75 Å². The molecule has 14 heavy (non-hydrogen) atoms. The molecule has 1 aromatic heterocycles. The molecule has 0 bridgehead atoms. The van der Waals surface area contributed by atoms with Gasteiger partial charge in [0.1, 0.15) is 0 Å². The Labute approximate surface area is 88.2 Å². The van der Waals surface area contributed by atoms with Crippen molar-refractivity contribution in [2.75, 3.05) is 5.75 Å². The molecule has 0 aromatic carbocycles. The monoisotopic (exact) mass is 236 g/mol. The zero-order valence-corrected chi connectivity index (χ0v) is 9.25. The van der Waals surface area contributed by atoms with Gasteiger partial charge in [-0.25, -0.2) is 0 Å². The third-order valence-electron chi connectivity index (χ3n) is 1.42. The first-order valence-electron chi connectivity index (χ1n) is 4.14. The van der Waals surface area contributed by atoms with E-state index in [4.69, 9.17) is 15.9 Å². The lowest BCUT2D eigenvalue weighted by Crippen LogP contribution is -2.47. The molecule has 6 heteroatoms. The Kier molecular flexibility index (Phi) is 3.71. The van der Waals surface area contributed by atoms with Gasteiger partial charge in [-0.1, -0.05) is 6.92 Å². The van der Waals surface area contributed by atoms with E-state index in [2.05, 4.69) is 0 Å². The summed E-state index contributed by atoms with van der Waals surface area (Å²) in [5.41, 5.74) is 0. The molecule has 0 saturated carbocycles. The van der Waals surface area contributed by atoms with Gasteiger partial charge in [-0.3, -0.25) is 0 Å². The average molecular weight is 237 g/mol. The zero-order valence-electron chi connectivity index (χ0n) is 7.68. The van der Waals surface area contributed by atoms with Gasteiger partial charge in [0, 0.05) is 16.9 Å². The quantitative estimate of drug-likeness (QED) is 0.574. The van der Waals surface area contributed by atoms with E-state index in [1.165, 1.54) is 6.20 Å². The fourth-order valence-corrected chi connectivity index (χ4v) is 2.03. The summed E-state index contributed by atoms with van der Waals surface area (Å²) >= 11 is 5.70. The Hall–Kier alpha value is -0.810. The molecule has 0 spiro atoms. The minimum Gasteiger partial charge on any atom is -0.181 e. The molecule has 0 radical (unpaired) electrons. The zero-order chi connectivity index (χ0) is 10.6. The van der Waals surface area contributed by atoms with E-state index in [-0.39, 0.29) is 10.9 Å². The van der Waals surface area contributed by atoms with Crippen LogP contribution in [0.2, 0.25) is 5.15 Å². The van der Waals surface area contributed by atoms with E-state index in [0.717, 1.165) is 4.73 Å². The first-order valence-corrected chi connectivity index (χ1v) is 6.09. The second-order valence-corrected chi connectivity index (χ2v) is 4.75. The van der Waals surface area contributed by atoms with Crippen LogP contribution in [0, 0.1) is 0 Å². The van der Waals surface area contributed by atoms with Gasteiger partial charge >= 0.3 is 15.3 Å². The maximum Gasteiger partial charge on any atom is 0.367 e.